The molecular formula is C7H14BO14P3. The Labute approximate surface area is 142 Å². The van der Waals surface area contributed by atoms with Gasteiger partial charge in [-0.3, -0.25) is 4.52 Å². The van der Waals surface area contributed by atoms with E-state index in [4.69, 9.17) is 32.0 Å². The number of carbonyl (C=O) groups excluding carboxylic acids is 1. The van der Waals surface area contributed by atoms with E-state index < -0.39 is 54.4 Å². The average molecular weight is 426 g/mol. The Kier molecular flexibility index (Phi) is 7.82. The lowest BCUT2D eigenvalue weighted by Gasteiger charge is -2.20. The van der Waals surface area contributed by atoms with Crippen LogP contribution in [0.25, 0.3) is 0 Å². The van der Waals surface area contributed by atoms with Gasteiger partial charge in [-0.2, -0.15) is 8.62 Å². The summed E-state index contributed by atoms with van der Waals surface area (Å²) in [4.78, 5) is 46.2. The summed E-state index contributed by atoms with van der Waals surface area (Å²) in [6.45, 7) is -0.793. The number of methoxy groups -OCH3 is 1. The molecule has 25 heavy (non-hydrogen) atoms. The molecule has 18 heteroatoms. The van der Waals surface area contributed by atoms with Gasteiger partial charge >= 0.3 is 29.6 Å². The topological polar surface area (TPSA) is 205 Å². The van der Waals surface area contributed by atoms with Gasteiger partial charge in [0.1, 0.15) is 20.1 Å². The fraction of sp³-hybridized carbons (Fsp3) is 0.857. The monoisotopic (exact) mass is 426 g/mol. The van der Waals surface area contributed by atoms with E-state index in [9.17, 15) is 23.4 Å². The maximum Gasteiger partial charge on any atom is 0.508 e. The summed E-state index contributed by atoms with van der Waals surface area (Å²) in [5, 5.41) is 0. The first-order valence-electron chi connectivity index (χ1n) is 6.17. The molecule has 0 aromatic carbocycles. The van der Waals surface area contributed by atoms with E-state index in [-0.39, 0.29) is 6.42 Å². The first-order chi connectivity index (χ1) is 11.2. The number of hydrogen-bond acceptors (Lipinski definition) is 10. The van der Waals surface area contributed by atoms with Crippen molar-refractivity contribution in [2.45, 2.75) is 24.6 Å². The fourth-order valence-electron chi connectivity index (χ4n) is 1.66. The maximum atomic E-state index is 11.6. The van der Waals surface area contributed by atoms with Crippen LogP contribution in [-0.4, -0.2) is 65.5 Å². The molecule has 1 aliphatic rings. The summed E-state index contributed by atoms with van der Waals surface area (Å²) in [5.41, 5.74) is 0. The van der Waals surface area contributed by atoms with Crippen molar-refractivity contribution in [3.8, 4) is 0 Å². The number of hydrogen-bond donors (Lipinski definition) is 4. The van der Waals surface area contributed by atoms with Crippen LogP contribution in [0.1, 0.15) is 6.42 Å². The minimum Gasteiger partial charge on any atom is -0.438 e. The number of phosphoric acid groups is 3. The van der Waals surface area contributed by atoms with Crippen LogP contribution in [0.4, 0.5) is 4.79 Å². The molecule has 1 fully saturated rings. The number of carbonyl (C=O) groups is 1. The van der Waals surface area contributed by atoms with Crippen LogP contribution in [0.2, 0.25) is 0 Å². The summed E-state index contributed by atoms with van der Waals surface area (Å²) in [7, 11) is -9.91. The van der Waals surface area contributed by atoms with E-state index in [1.807, 2.05) is 0 Å². The van der Waals surface area contributed by atoms with E-state index in [0.29, 0.717) is 0 Å². The molecule has 1 rings (SSSR count). The second kappa shape index (κ2) is 8.60. The van der Waals surface area contributed by atoms with Crippen LogP contribution in [-0.2, 0) is 41.1 Å². The minimum atomic E-state index is -5.62. The molecule has 5 unspecified atom stereocenters. The van der Waals surface area contributed by atoms with Gasteiger partial charge in [0.15, 0.2) is 0 Å². The molecule has 0 bridgehead atoms. The summed E-state index contributed by atoms with van der Waals surface area (Å²) < 4.78 is 58.8. The van der Waals surface area contributed by atoms with Gasteiger partial charge in [-0.1, -0.05) is 0 Å². The van der Waals surface area contributed by atoms with E-state index in [1.165, 1.54) is 0 Å². The molecular weight excluding hydrogens is 412 g/mol. The number of phosphoric ester groups is 1. The first-order valence-corrected chi connectivity index (χ1v) is 10.7. The van der Waals surface area contributed by atoms with Crippen molar-refractivity contribution in [3.63, 3.8) is 0 Å². The van der Waals surface area contributed by atoms with Gasteiger partial charge in [-0.25, -0.2) is 18.5 Å². The van der Waals surface area contributed by atoms with E-state index in [0.717, 1.165) is 7.11 Å². The van der Waals surface area contributed by atoms with Gasteiger partial charge in [0, 0.05) is 12.4 Å². The van der Waals surface area contributed by atoms with Crippen molar-refractivity contribution in [2.24, 2.45) is 0 Å². The van der Waals surface area contributed by atoms with Crippen LogP contribution in [0.15, 0.2) is 0 Å². The Morgan fingerprint density at radius 2 is 1.76 bits per heavy atom. The summed E-state index contributed by atoms with van der Waals surface area (Å²) in [6, 6.07) is -0.899. The lowest BCUT2D eigenvalue weighted by molar-refractivity contribution is -0.0277. The molecule has 0 saturated carbocycles. The highest BCUT2D eigenvalue weighted by Gasteiger charge is 2.43. The Morgan fingerprint density at radius 3 is 2.28 bits per heavy atom. The molecule has 0 aromatic heterocycles. The molecule has 5 atom stereocenters. The van der Waals surface area contributed by atoms with Gasteiger partial charge in [0.05, 0.1) is 13.7 Å². The van der Waals surface area contributed by atoms with Crippen molar-refractivity contribution in [2.75, 3.05) is 13.7 Å². The summed E-state index contributed by atoms with van der Waals surface area (Å²) in [5.74, 6) is 0. The second-order valence-electron chi connectivity index (χ2n) is 4.45. The smallest absolute Gasteiger partial charge is 0.438 e. The van der Waals surface area contributed by atoms with Crippen LogP contribution in [0, 0.1) is 0 Å². The standard InChI is InChI=1S/C7H14BO14P3/c1-17-7(9)20-4-2-6(8)19-5(4)3-18-24(13,14)22-25(15,16)21-23(10,11)12/h4-6H,2-3H2,1H3,(H,13,14)(H,15,16)(H2,10,11,12). The zero-order chi connectivity index (χ0) is 19.5. The Hall–Kier alpha value is -0.295. The highest BCUT2D eigenvalue weighted by Crippen LogP contribution is 2.66. The third-order valence-corrected chi connectivity index (χ3v) is 6.26. The van der Waals surface area contributed by atoms with Gasteiger partial charge in [-0.15, -0.1) is 0 Å². The Morgan fingerprint density at radius 1 is 1.16 bits per heavy atom. The van der Waals surface area contributed by atoms with E-state index in [1.54, 1.807) is 0 Å². The molecule has 0 aromatic rings. The summed E-state index contributed by atoms with van der Waals surface area (Å²) >= 11 is 0. The Bertz CT molecular complexity index is 618. The zero-order valence-electron chi connectivity index (χ0n) is 12.4. The highest BCUT2D eigenvalue weighted by atomic mass is 31.3. The molecule has 14 nitrogen and oxygen atoms in total. The van der Waals surface area contributed by atoms with Crippen LogP contribution in [0.5, 0.6) is 0 Å². The molecule has 144 valence electrons. The van der Waals surface area contributed by atoms with Crippen LogP contribution >= 0.6 is 23.5 Å². The zero-order valence-corrected chi connectivity index (χ0v) is 15.1. The third kappa shape index (κ3) is 8.76. The van der Waals surface area contributed by atoms with Crippen molar-refractivity contribution in [3.05, 3.63) is 0 Å². The molecule has 2 radical (unpaired) electrons. The molecule has 1 heterocycles. The predicted octanol–water partition coefficient (Wildman–Crippen LogP) is -0.235. The van der Waals surface area contributed by atoms with Crippen molar-refractivity contribution in [1.29, 1.82) is 0 Å². The van der Waals surface area contributed by atoms with E-state index in [2.05, 4.69) is 17.9 Å². The van der Waals surface area contributed by atoms with Gasteiger partial charge in [0.25, 0.3) is 0 Å². The van der Waals surface area contributed by atoms with Crippen molar-refractivity contribution >= 4 is 37.5 Å². The largest absolute Gasteiger partial charge is 0.508 e. The second-order valence-corrected chi connectivity index (χ2v) is 8.87. The predicted molar refractivity (Wildman–Crippen MR) is 76.1 cm³/mol. The number of rotatable bonds is 8. The molecule has 0 aliphatic carbocycles. The quantitative estimate of drug-likeness (QED) is 0.225. The number of ether oxygens (including phenoxy) is 3. The lowest BCUT2D eigenvalue weighted by atomic mass is 9.96. The van der Waals surface area contributed by atoms with Gasteiger partial charge < -0.3 is 33.8 Å². The first kappa shape index (κ1) is 22.7. The molecule has 0 amide bonds. The lowest BCUT2D eigenvalue weighted by Crippen LogP contribution is -2.31. The minimum absolute atomic E-state index is 0.000471. The summed E-state index contributed by atoms with van der Waals surface area (Å²) in [6.07, 6.45) is -3.25. The molecule has 4 N–H and O–H groups in total. The maximum absolute atomic E-state index is 11.6. The molecule has 1 aliphatic heterocycles. The SMILES string of the molecule is [B]C1CC(OC(=O)OC)C(COP(=O)(O)OP(=O)(O)OP(=O)(O)O)O1. The van der Waals surface area contributed by atoms with Crippen LogP contribution in [0.3, 0.4) is 0 Å². The fourth-order valence-corrected chi connectivity index (χ4v) is 4.69. The Balaban J connectivity index is 2.64. The van der Waals surface area contributed by atoms with Crippen molar-refractivity contribution < 1.29 is 65.4 Å². The molecule has 1 saturated heterocycles. The highest BCUT2D eigenvalue weighted by molar-refractivity contribution is 7.66. The van der Waals surface area contributed by atoms with Gasteiger partial charge in [0.2, 0.25) is 0 Å². The normalized spacial score (nSPS) is 28.8. The molecule has 0 spiro atoms. The van der Waals surface area contributed by atoms with Crippen LogP contribution < -0.4 is 0 Å². The average Bonchev–Trinajstić information content (AvgIpc) is 2.72. The van der Waals surface area contributed by atoms with Gasteiger partial charge in [-0.05, 0) is 0 Å². The van der Waals surface area contributed by atoms with Crippen molar-refractivity contribution in [1.82, 2.24) is 0 Å². The van der Waals surface area contributed by atoms with E-state index >= 15 is 0 Å². The third-order valence-electron chi connectivity index (χ3n) is 2.46.